The predicted molar refractivity (Wildman–Crippen MR) is 106 cm³/mol. The second kappa shape index (κ2) is 9.74. The van der Waals surface area contributed by atoms with Gasteiger partial charge in [-0.15, -0.1) is 0 Å². The Morgan fingerprint density at radius 3 is 2.38 bits per heavy atom. The number of aryl methyl sites for hydroxylation is 1. The first-order valence-electron chi connectivity index (χ1n) is 8.50. The van der Waals surface area contributed by atoms with Crippen LogP contribution in [0.3, 0.4) is 0 Å². The number of likely N-dealkylation sites (N-methyl/N-ethyl adjacent to an activating group) is 1. The third-order valence-corrected chi connectivity index (χ3v) is 4.98. The van der Waals surface area contributed by atoms with Crippen LogP contribution in [-0.4, -0.2) is 41.1 Å². The first-order chi connectivity index (χ1) is 13.7. The van der Waals surface area contributed by atoms with E-state index in [4.69, 9.17) is 13.7 Å². The summed E-state index contributed by atoms with van der Waals surface area (Å²) in [7, 11) is -1.23. The van der Waals surface area contributed by atoms with E-state index in [0.29, 0.717) is 5.56 Å². The summed E-state index contributed by atoms with van der Waals surface area (Å²) >= 11 is 0. The highest BCUT2D eigenvalue weighted by atomic mass is 32.2. The molecule has 1 N–H and O–H groups in total. The fraction of sp³-hybridized carbons (Fsp3) is 0.200. The summed E-state index contributed by atoms with van der Waals surface area (Å²) in [5.41, 5.74) is 1.46. The van der Waals surface area contributed by atoms with E-state index in [1.54, 1.807) is 18.2 Å². The van der Waals surface area contributed by atoms with Crippen LogP contribution in [0.5, 0.6) is 11.5 Å². The lowest BCUT2D eigenvalue weighted by atomic mass is 10.2. The third-order valence-electron chi connectivity index (χ3n) is 3.73. The Morgan fingerprint density at radius 2 is 1.76 bits per heavy atom. The van der Waals surface area contributed by atoms with Crippen molar-refractivity contribution in [2.45, 2.75) is 11.8 Å². The molecule has 8 nitrogen and oxygen atoms in total. The fourth-order valence-electron chi connectivity index (χ4n) is 2.15. The largest absolute Gasteiger partial charge is 0.493 e. The van der Waals surface area contributed by atoms with Gasteiger partial charge < -0.3 is 19.0 Å². The molecule has 2 rings (SSSR count). The number of benzene rings is 2. The molecule has 0 aromatic heterocycles. The molecule has 0 aliphatic heterocycles. The van der Waals surface area contributed by atoms with Crippen LogP contribution in [0.15, 0.2) is 53.4 Å². The molecule has 9 heteroatoms. The highest BCUT2D eigenvalue weighted by Gasteiger charge is 2.19. The number of ether oxygens (including phenoxy) is 2. The zero-order valence-corrected chi connectivity index (χ0v) is 17.0. The summed E-state index contributed by atoms with van der Waals surface area (Å²) in [5.74, 6) is -0.950. The van der Waals surface area contributed by atoms with E-state index in [9.17, 15) is 18.0 Å². The fourth-order valence-corrected chi connectivity index (χ4v) is 3.09. The molecular formula is C20H21NO7S. The van der Waals surface area contributed by atoms with Crippen LogP contribution >= 0.6 is 0 Å². The van der Waals surface area contributed by atoms with Gasteiger partial charge in [-0.25, -0.2) is 4.79 Å². The second-order valence-electron chi connectivity index (χ2n) is 5.88. The highest BCUT2D eigenvalue weighted by Crippen LogP contribution is 2.31. The Labute approximate surface area is 169 Å². The Kier molecular flexibility index (Phi) is 7.38. The Hall–Kier alpha value is -3.33. The van der Waals surface area contributed by atoms with Crippen LogP contribution in [-0.2, 0) is 24.4 Å². The average molecular weight is 419 g/mol. The molecule has 0 unspecified atom stereocenters. The molecule has 2 aromatic carbocycles. The van der Waals surface area contributed by atoms with Gasteiger partial charge in [-0.1, -0.05) is 23.8 Å². The lowest BCUT2D eigenvalue weighted by Gasteiger charge is -2.11. The summed E-state index contributed by atoms with van der Waals surface area (Å²) in [4.78, 5) is 22.7. The molecule has 2 aromatic rings. The summed E-state index contributed by atoms with van der Waals surface area (Å²) < 4.78 is 40.0. The van der Waals surface area contributed by atoms with Crippen LogP contribution in [0.25, 0.3) is 6.08 Å². The van der Waals surface area contributed by atoms with Crippen molar-refractivity contribution in [2.75, 3.05) is 20.8 Å². The summed E-state index contributed by atoms with van der Waals surface area (Å²) in [5, 5.41) is 2.33. The molecule has 0 fully saturated rings. The minimum absolute atomic E-state index is 0.00687. The quantitative estimate of drug-likeness (QED) is 0.396. The first-order valence-corrected chi connectivity index (χ1v) is 9.90. The van der Waals surface area contributed by atoms with Crippen molar-refractivity contribution in [3.05, 3.63) is 59.7 Å². The Morgan fingerprint density at radius 1 is 1.07 bits per heavy atom. The maximum atomic E-state index is 12.4. The van der Waals surface area contributed by atoms with Crippen molar-refractivity contribution in [1.29, 1.82) is 0 Å². The number of hydrogen-bond donors (Lipinski definition) is 1. The van der Waals surface area contributed by atoms with Crippen LogP contribution in [0, 0.1) is 6.92 Å². The normalized spacial score (nSPS) is 11.1. The van der Waals surface area contributed by atoms with E-state index in [1.807, 2.05) is 6.92 Å². The number of nitrogens with one attached hydrogen (secondary N) is 1. The number of methoxy groups -OCH3 is 1. The predicted octanol–water partition coefficient (Wildman–Crippen LogP) is 2.07. The summed E-state index contributed by atoms with van der Waals surface area (Å²) in [6, 6.07) is 10.7. The van der Waals surface area contributed by atoms with Gasteiger partial charge >= 0.3 is 16.1 Å². The number of amides is 1. The Balaban J connectivity index is 2.14. The standard InChI is InChI=1S/C20H21NO7S/c1-14-4-8-16(9-5-14)29(24,25)28-17-10-6-15(12-18(17)26-3)7-11-20(23)27-13-19(22)21-2/h4-12H,13H2,1-3H3,(H,21,22)/b11-7+. The van der Waals surface area contributed by atoms with Gasteiger partial charge in [0.2, 0.25) is 0 Å². The minimum Gasteiger partial charge on any atom is -0.493 e. The maximum Gasteiger partial charge on any atom is 0.339 e. The third kappa shape index (κ3) is 6.35. The van der Waals surface area contributed by atoms with Gasteiger partial charge in [0.1, 0.15) is 4.90 Å². The molecule has 0 bridgehead atoms. The topological polar surface area (TPSA) is 108 Å². The van der Waals surface area contributed by atoms with Crippen LogP contribution < -0.4 is 14.2 Å². The lowest BCUT2D eigenvalue weighted by Crippen LogP contribution is -2.24. The zero-order chi connectivity index (χ0) is 21.4. The zero-order valence-electron chi connectivity index (χ0n) is 16.2. The van der Waals surface area contributed by atoms with Crippen LogP contribution in [0.4, 0.5) is 0 Å². The van der Waals surface area contributed by atoms with Crippen molar-refractivity contribution in [2.24, 2.45) is 0 Å². The van der Waals surface area contributed by atoms with E-state index >= 15 is 0 Å². The van der Waals surface area contributed by atoms with Gasteiger partial charge in [-0.2, -0.15) is 8.42 Å². The molecule has 0 saturated carbocycles. The van der Waals surface area contributed by atoms with Gasteiger partial charge in [-0.05, 0) is 42.8 Å². The molecule has 0 atom stereocenters. The summed E-state index contributed by atoms with van der Waals surface area (Å²) in [6.45, 7) is 1.47. The van der Waals surface area contributed by atoms with Gasteiger partial charge in [0, 0.05) is 13.1 Å². The van der Waals surface area contributed by atoms with Crippen LogP contribution in [0.2, 0.25) is 0 Å². The van der Waals surface area contributed by atoms with Gasteiger partial charge in [0.25, 0.3) is 5.91 Å². The smallest absolute Gasteiger partial charge is 0.339 e. The molecule has 0 heterocycles. The molecule has 154 valence electrons. The number of carbonyl (C=O) groups is 2. The molecule has 0 aliphatic rings. The monoisotopic (exact) mass is 419 g/mol. The summed E-state index contributed by atoms with van der Waals surface area (Å²) in [6.07, 6.45) is 2.58. The van der Waals surface area contributed by atoms with Crippen LogP contribution in [0.1, 0.15) is 11.1 Å². The molecule has 0 saturated heterocycles. The van der Waals surface area contributed by atoms with E-state index in [-0.39, 0.29) is 23.0 Å². The number of carbonyl (C=O) groups excluding carboxylic acids is 2. The SMILES string of the molecule is CNC(=O)COC(=O)/C=C/c1ccc(OS(=O)(=O)c2ccc(C)cc2)c(OC)c1. The first kappa shape index (κ1) is 22.0. The van der Waals surface area contributed by atoms with Gasteiger partial charge in [-0.3, -0.25) is 4.79 Å². The van der Waals surface area contributed by atoms with Gasteiger partial charge in [0.05, 0.1) is 7.11 Å². The van der Waals surface area contributed by atoms with Crippen molar-refractivity contribution in [1.82, 2.24) is 5.32 Å². The van der Waals surface area contributed by atoms with E-state index in [2.05, 4.69) is 5.32 Å². The molecule has 1 amide bonds. The second-order valence-corrected chi connectivity index (χ2v) is 7.42. The number of rotatable bonds is 8. The van der Waals surface area contributed by atoms with Crippen molar-refractivity contribution in [3.63, 3.8) is 0 Å². The average Bonchev–Trinajstić information content (AvgIpc) is 2.71. The molecular weight excluding hydrogens is 398 g/mol. The van der Waals surface area contributed by atoms with E-state index < -0.39 is 22.0 Å². The molecule has 0 spiro atoms. The number of hydrogen-bond acceptors (Lipinski definition) is 7. The minimum atomic E-state index is -4.03. The van der Waals surface area contributed by atoms with Crippen molar-refractivity contribution < 1.29 is 31.7 Å². The molecule has 0 radical (unpaired) electrons. The van der Waals surface area contributed by atoms with E-state index in [0.717, 1.165) is 11.6 Å². The molecule has 29 heavy (non-hydrogen) atoms. The molecule has 0 aliphatic carbocycles. The van der Waals surface area contributed by atoms with E-state index in [1.165, 1.54) is 44.5 Å². The van der Waals surface area contributed by atoms with Crippen molar-refractivity contribution in [3.8, 4) is 11.5 Å². The highest BCUT2D eigenvalue weighted by molar-refractivity contribution is 7.87. The number of esters is 1. The maximum absolute atomic E-state index is 12.4. The van der Waals surface area contributed by atoms with Crippen molar-refractivity contribution >= 4 is 28.1 Å². The van der Waals surface area contributed by atoms with Gasteiger partial charge in [0.15, 0.2) is 18.1 Å². The Bertz CT molecular complexity index is 1010. The lowest BCUT2D eigenvalue weighted by molar-refractivity contribution is -0.143.